The Labute approximate surface area is 189 Å². The lowest BCUT2D eigenvalue weighted by Gasteiger charge is -2.10. The summed E-state index contributed by atoms with van der Waals surface area (Å²) in [4.78, 5) is 17.0. The van der Waals surface area contributed by atoms with Gasteiger partial charge in [0.15, 0.2) is 11.5 Å². The monoisotopic (exact) mass is 460 g/mol. The summed E-state index contributed by atoms with van der Waals surface area (Å²) in [5.41, 5.74) is 2.44. The van der Waals surface area contributed by atoms with Crippen LogP contribution in [0.5, 0.6) is 23.0 Å². The molecule has 0 radical (unpaired) electrons. The second-order valence-electron chi connectivity index (χ2n) is 6.41. The molecule has 9 heteroatoms. The molecule has 0 atom stereocenters. The Kier molecular flexibility index (Phi) is 8.02. The largest absolute Gasteiger partial charge is 0.497 e. The minimum Gasteiger partial charge on any atom is -0.497 e. The number of methoxy groups -OCH3 is 4. The van der Waals surface area contributed by atoms with Gasteiger partial charge in [0.2, 0.25) is 5.91 Å². The number of carbonyl (C=O) groups excluding carboxylic acids is 1. The molecule has 0 fully saturated rings. The van der Waals surface area contributed by atoms with Crippen molar-refractivity contribution in [3.8, 4) is 23.0 Å². The lowest BCUT2D eigenvalue weighted by Crippen LogP contribution is -2.14. The number of aromatic nitrogens is 1. The van der Waals surface area contributed by atoms with Gasteiger partial charge in [-0.25, -0.2) is 4.98 Å². The second kappa shape index (κ2) is 10.9. The van der Waals surface area contributed by atoms with Crippen molar-refractivity contribution in [1.82, 2.24) is 4.98 Å². The summed E-state index contributed by atoms with van der Waals surface area (Å²) in [7, 11) is 6.38. The van der Waals surface area contributed by atoms with Gasteiger partial charge in [-0.3, -0.25) is 4.79 Å². The Morgan fingerprint density at radius 3 is 2.32 bits per heavy atom. The summed E-state index contributed by atoms with van der Waals surface area (Å²) in [6.45, 7) is 0. The fraction of sp³-hybridized carbons (Fsp3) is 0.273. The molecule has 3 rings (SSSR count). The Bertz CT molecular complexity index is 1020. The van der Waals surface area contributed by atoms with Crippen LogP contribution in [0.15, 0.2) is 46.1 Å². The maximum absolute atomic E-state index is 12.4. The molecule has 3 aromatic rings. The van der Waals surface area contributed by atoms with Crippen molar-refractivity contribution in [1.29, 1.82) is 0 Å². The molecule has 0 aliphatic heterocycles. The van der Waals surface area contributed by atoms with Crippen LogP contribution in [0.2, 0.25) is 0 Å². The van der Waals surface area contributed by atoms with E-state index < -0.39 is 0 Å². The first-order chi connectivity index (χ1) is 15.0. The zero-order valence-electron chi connectivity index (χ0n) is 17.8. The number of hydrogen-bond acceptors (Lipinski definition) is 8. The van der Waals surface area contributed by atoms with E-state index in [0.717, 1.165) is 32.8 Å². The number of amides is 1. The van der Waals surface area contributed by atoms with E-state index in [0.29, 0.717) is 17.2 Å². The number of ether oxygens (including phenoxy) is 4. The van der Waals surface area contributed by atoms with E-state index >= 15 is 0 Å². The Hall–Kier alpha value is -2.91. The van der Waals surface area contributed by atoms with Gasteiger partial charge in [0.05, 0.1) is 40.6 Å². The zero-order chi connectivity index (χ0) is 22.2. The molecular formula is C22H24N2O5S2. The van der Waals surface area contributed by atoms with Gasteiger partial charge in [-0.1, -0.05) is 11.8 Å². The topological polar surface area (TPSA) is 78.9 Å². The smallest absolute Gasteiger partial charge is 0.230 e. The summed E-state index contributed by atoms with van der Waals surface area (Å²) in [5.74, 6) is 3.24. The zero-order valence-corrected chi connectivity index (χ0v) is 19.4. The maximum atomic E-state index is 12.4. The van der Waals surface area contributed by atoms with E-state index in [1.54, 1.807) is 58.4 Å². The number of rotatable bonds is 10. The fourth-order valence-corrected chi connectivity index (χ4v) is 4.59. The van der Waals surface area contributed by atoms with E-state index in [1.165, 1.54) is 11.3 Å². The number of thioether (sulfide) groups is 1. The summed E-state index contributed by atoms with van der Waals surface area (Å²) >= 11 is 3.13. The highest BCUT2D eigenvalue weighted by Crippen LogP contribution is 2.31. The molecule has 0 unspecified atom stereocenters. The summed E-state index contributed by atoms with van der Waals surface area (Å²) in [6, 6.07) is 11.0. The van der Waals surface area contributed by atoms with E-state index in [2.05, 4.69) is 10.3 Å². The molecule has 31 heavy (non-hydrogen) atoms. The fourth-order valence-electron chi connectivity index (χ4n) is 2.81. The molecule has 1 N–H and O–H groups in total. The normalized spacial score (nSPS) is 10.5. The van der Waals surface area contributed by atoms with E-state index in [9.17, 15) is 4.79 Å². The quantitative estimate of drug-likeness (QED) is 0.441. The summed E-state index contributed by atoms with van der Waals surface area (Å²) in [6.07, 6.45) is 0.193. The van der Waals surface area contributed by atoms with Gasteiger partial charge in [-0.2, -0.15) is 0 Å². The number of carbonyl (C=O) groups is 1. The van der Waals surface area contributed by atoms with Crippen molar-refractivity contribution >= 4 is 34.7 Å². The van der Waals surface area contributed by atoms with Crippen molar-refractivity contribution in [2.45, 2.75) is 16.5 Å². The van der Waals surface area contributed by atoms with Crippen LogP contribution in [-0.2, 0) is 17.0 Å². The standard InChI is InChI=1S/C22H24N2O5S2/c1-26-17-7-14(8-18(11-17)27-2)12-30-22-24-16(13-31-22)10-21(25)23-15-5-6-19(28-3)20(9-15)29-4/h5-9,11,13H,10,12H2,1-4H3,(H,23,25). The number of nitrogens with one attached hydrogen (secondary N) is 1. The van der Waals surface area contributed by atoms with Crippen LogP contribution in [0, 0.1) is 0 Å². The molecule has 7 nitrogen and oxygen atoms in total. The molecule has 1 heterocycles. The number of benzene rings is 2. The SMILES string of the molecule is COc1cc(CSc2nc(CC(=O)Nc3ccc(OC)c(OC)c3)cs2)cc(OC)c1. The van der Waals surface area contributed by atoms with Crippen molar-refractivity contribution in [3.05, 3.63) is 53.0 Å². The summed E-state index contributed by atoms with van der Waals surface area (Å²) in [5, 5.41) is 4.77. The van der Waals surface area contributed by atoms with E-state index in [-0.39, 0.29) is 12.3 Å². The Morgan fingerprint density at radius 1 is 0.968 bits per heavy atom. The minimum atomic E-state index is -0.147. The number of thiazole rings is 1. The van der Waals surface area contributed by atoms with Crippen LogP contribution in [-0.4, -0.2) is 39.3 Å². The van der Waals surface area contributed by atoms with Gasteiger partial charge in [0, 0.05) is 29.0 Å². The van der Waals surface area contributed by atoms with Crippen molar-refractivity contribution in [2.24, 2.45) is 0 Å². The van der Waals surface area contributed by atoms with E-state index in [1.807, 2.05) is 23.6 Å². The average molecular weight is 461 g/mol. The molecule has 0 spiro atoms. The highest BCUT2D eigenvalue weighted by Gasteiger charge is 2.11. The van der Waals surface area contributed by atoms with Gasteiger partial charge in [-0.05, 0) is 29.8 Å². The van der Waals surface area contributed by atoms with Crippen LogP contribution in [0.1, 0.15) is 11.3 Å². The molecule has 2 aromatic carbocycles. The predicted octanol–water partition coefficient (Wildman–Crippen LogP) is 4.65. The second-order valence-corrected chi connectivity index (χ2v) is 8.49. The molecule has 0 bridgehead atoms. The number of anilines is 1. The van der Waals surface area contributed by atoms with Gasteiger partial charge < -0.3 is 24.3 Å². The van der Waals surface area contributed by atoms with Crippen LogP contribution in [0.4, 0.5) is 5.69 Å². The lowest BCUT2D eigenvalue weighted by atomic mass is 10.2. The third-order valence-electron chi connectivity index (χ3n) is 4.31. The third kappa shape index (κ3) is 6.28. The Morgan fingerprint density at radius 2 is 1.68 bits per heavy atom. The molecule has 164 valence electrons. The molecular weight excluding hydrogens is 436 g/mol. The van der Waals surface area contributed by atoms with Crippen LogP contribution >= 0.6 is 23.1 Å². The average Bonchev–Trinajstić information content (AvgIpc) is 3.24. The van der Waals surface area contributed by atoms with Gasteiger partial charge in [0.1, 0.15) is 15.8 Å². The first-order valence-electron chi connectivity index (χ1n) is 9.35. The van der Waals surface area contributed by atoms with Crippen molar-refractivity contribution in [3.63, 3.8) is 0 Å². The predicted molar refractivity (Wildman–Crippen MR) is 123 cm³/mol. The van der Waals surface area contributed by atoms with Crippen LogP contribution in [0.25, 0.3) is 0 Å². The highest BCUT2D eigenvalue weighted by molar-refractivity contribution is 8.00. The van der Waals surface area contributed by atoms with Crippen LogP contribution < -0.4 is 24.3 Å². The van der Waals surface area contributed by atoms with E-state index in [4.69, 9.17) is 18.9 Å². The van der Waals surface area contributed by atoms with Crippen molar-refractivity contribution < 1.29 is 23.7 Å². The van der Waals surface area contributed by atoms with Crippen molar-refractivity contribution in [2.75, 3.05) is 33.8 Å². The first kappa shape index (κ1) is 22.8. The molecule has 0 saturated heterocycles. The maximum Gasteiger partial charge on any atom is 0.230 e. The highest BCUT2D eigenvalue weighted by atomic mass is 32.2. The molecule has 0 aliphatic rings. The van der Waals surface area contributed by atoms with Crippen LogP contribution in [0.3, 0.4) is 0 Å². The number of hydrogen-bond donors (Lipinski definition) is 1. The van der Waals surface area contributed by atoms with Gasteiger partial charge in [-0.15, -0.1) is 11.3 Å². The number of nitrogens with zero attached hydrogens (tertiary/aromatic N) is 1. The Balaban J connectivity index is 1.57. The minimum absolute atomic E-state index is 0.147. The van der Waals surface area contributed by atoms with Gasteiger partial charge in [0.25, 0.3) is 0 Å². The molecule has 0 saturated carbocycles. The third-order valence-corrected chi connectivity index (χ3v) is 6.45. The molecule has 0 aliphatic carbocycles. The molecule has 1 aromatic heterocycles. The summed E-state index contributed by atoms with van der Waals surface area (Å²) < 4.78 is 22.0. The van der Waals surface area contributed by atoms with Gasteiger partial charge >= 0.3 is 0 Å². The lowest BCUT2D eigenvalue weighted by molar-refractivity contribution is -0.115. The molecule has 1 amide bonds. The first-order valence-corrected chi connectivity index (χ1v) is 11.2.